The second kappa shape index (κ2) is 12.8. The molecule has 0 aromatic heterocycles. The van der Waals surface area contributed by atoms with E-state index in [9.17, 15) is 9.90 Å². The molecule has 0 bridgehead atoms. The van der Waals surface area contributed by atoms with Crippen LogP contribution in [0.4, 0.5) is 0 Å². The van der Waals surface area contributed by atoms with Crippen molar-refractivity contribution >= 4 is 5.97 Å². The molecule has 1 fully saturated rings. The predicted octanol–water partition coefficient (Wildman–Crippen LogP) is 3.95. The van der Waals surface area contributed by atoms with Gasteiger partial charge in [-0.15, -0.1) is 0 Å². The molecule has 1 aliphatic heterocycles. The Balaban J connectivity index is 1.81. The lowest BCUT2D eigenvalue weighted by Gasteiger charge is -2.32. The van der Waals surface area contributed by atoms with Crippen molar-refractivity contribution in [1.82, 2.24) is 5.32 Å². The van der Waals surface area contributed by atoms with Crippen LogP contribution < -0.4 is 5.32 Å². The Morgan fingerprint density at radius 1 is 1.00 bits per heavy atom. The van der Waals surface area contributed by atoms with Crippen LogP contribution in [0.5, 0.6) is 0 Å². The molecule has 2 N–H and O–H groups in total. The molecule has 1 saturated heterocycles. The highest BCUT2D eigenvalue weighted by atomic mass is 16.5. The van der Waals surface area contributed by atoms with Gasteiger partial charge in [-0.1, -0.05) is 51.4 Å². The van der Waals surface area contributed by atoms with Crippen molar-refractivity contribution in [2.75, 3.05) is 7.11 Å². The minimum Gasteiger partial charge on any atom is -0.469 e. The first-order valence-corrected chi connectivity index (χ1v) is 9.64. The fourth-order valence-corrected chi connectivity index (χ4v) is 3.42. The third kappa shape index (κ3) is 9.98. The van der Waals surface area contributed by atoms with Crippen LogP contribution in [0, 0.1) is 0 Å². The van der Waals surface area contributed by atoms with Gasteiger partial charge in [-0.25, -0.2) is 0 Å². The number of rotatable bonds is 12. The highest BCUT2D eigenvalue weighted by molar-refractivity contribution is 5.68. The fraction of sp³-hybridized carbons (Fsp3) is 0.947. The van der Waals surface area contributed by atoms with Crippen LogP contribution in [0.15, 0.2) is 0 Å². The molecule has 0 aromatic carbocycles. The van der Waals surface area contributed by atoms with Crippen LogP contribution in [0.2, 0.25) is 0 Å². The molecular formula is C19H37NO3. The van der Waals surface area contributed by atoms with E-state index in [1.165, 1.54) is 58.5 Å². The molecule has 0 amide bonds. The first-order valence-electron chi connectivity index (χ1n) is 9.64. The summed E-state index contributed by atoms with van der Waals surface area (Å²) in [7, 11) is 1.45. The van der Waals surface area contributed by atoms with Crippen molar-refractivity contribution in [2.24, 2.45) is 0 Å². The summed E-state index contributed by atoms with van der Waals surface area (Å²) in [5.74, 6) is -0.0821. The Kier molecular flexibility index (Phi) is 11.3. The van der Waals surface area contributed by atoms with Gasteiger partial charge in [-0.3, -0.25) is 4.79 Å². The summed E-state index contributed by atoms with van der Waals surface area (Å²) >= 11 is 0. The van der Waals surface area contributed by atoms with E-state index in [1.807, 2.05) is 0 Å². The topological polar surface area (TPSA) is 58.6 Å². The van der Waals surface area contributed by atoms with Crippen LogP contribution in [-0.2, 0) is 9.53 Å². The molecular weight excluding hydrogens is 290 g/mol. The molecule has 1 rings (SSSR count). The molecule has 1 heterocycles. The van der Waals surface area contributed by atoms with Crippen LogP contribution in [0.25, 0.3) is 0 Å². The molecule has 0 radical (unpaired) electrons. The molecule has 0 aliphatic carbocycles. The summed E-state index contributed by atoms with van der Waals surface area (Å²) in [5.41, 5.74) is 0. The van der Waals surface area contributed by atoms with Gasteiger partial charge in [-0.05, 0) is 32.6 Å². The van der Waals surface area contributed by atoms with Gasteiger partial charge in [0.1, 0.15) is 0 Å². The summed E-state index contributed by atoms with van der Waals surface area (Å²) in [6, 6.07) is 0.871. The predicted molar refractivity (Wildman–Crippen MR) is 94.4 cm³/mol. The highest BCUT2D eigenvalue weighted by Gasteiger charge is 2.24. The summed E-state index contributed by atoms with van der Waals surface area (Å²) < 4.78 is 4.63. The Hall–Kier alpha value is -0.610. The number of hydrogen-bond donors (Lipinski definition) is 2. The number of nitrogens with one attached hydrogen (secondary N) is 1. The Labute approximate surface area is 142 Å². The molecule has 0 saturated carbocycles. The number of carbonyl (C=O) groups is 1. The summed E-state index contributed by atoms with van der Waals surface area (Å²) in [6.07, 6.45) is 15.0. The lowest BCUT2D eigenvalue weighted by Crippen LogP contribution is -2.48. The SMILES string of the molecule is COC(=O)CCCCCCCCCCC[C@H]1CC[C@@H](O)[C@@H](C)N1. The molecule has 3 atom stereocenters. The zero-order valence-electron chi connectivity index (χ0n) is 15.2. The van der Waals surface area contributed by atoms with Gasteiger partial charge in [0.2, 0.25) is 0 Å². The Bertz CT molecular complexity index is 309. The quantitative estimate of drug-likeness (QED) is 0.421. The number of methoxy groups -OCH3 is 1. The fourth-order valence-electron chi connectivity index (χ4n) is 3.42. The number of ether oxygens (including phenoxy) is 1. The second-order valence-corrected chi connectivity index (χ2v) is 7.09. The summed E-state index contributed by atoms with van der Waals surface area (Å²) in [6.45, 7) is 2.09. The molecule has 0 spiro atoms. The van der Waals surface area contributed by atoms with Crippen molar-refractivity contribution in [1.29, 1.82) is 0 Å². The van der Waals surface area contributed by atoms with Crippen molar-refractivity contribution in [3.05, 3.63) is 0 Å². The first-order chi connectivity index (χ1) is 11.1. The van der Waals surface area contributed by atoms with Crippen LogP contribution in [0.3, 0.4) is 0 Å². The highest BCUT2D eigenvalue weighted by Crippen LogP contribution is 2.18. The monoisotopic (exact) mass is 327 g/mol. The standard InChI is InChI=1S/C19H37NO3/c1-16-18(21)15-14-17(20-16)12-10-8-6-4-3-5-7-9-11-13-19(22)23-2/h16-18,20-21H,3-15H2,1-2H3/t16-,17+,18-/m1/s1. The molecule has 23 heavy (non-hydrogen) atoms. The number of esters is 1. The number of aliphatic hydroxyl groups excluding tert-OH is 1. The molecule has 1 aliphatic rings. The number of unbranched alkanes of at least 4 members (excludes halogenated alkanes) is 8. The van der Waals surface area contributed by atoms with E-state index in [0.717, 1.165) is 25.7 Å². The zero-order valence-corrected chi connectivity index (χ0v) is 15.2. The molecule has 0 unspecified atom stereocenters. The van der Waals surface area contributed by atoms with Crippen molar-refractivity contribution in [3.63, 3.8) is 0 Å². The van der Waals surface area contributed by atoms with E-state index in [1.54, 1.807) is 0 Å². The van der Waals surface area contributed by atoms with Gasteiger partial charge in [0, 0.05) is 18.5 Å². The average molecular weight is 328 g/mol. The van der Waals surface area contributed by atoms with Crippen LogP contribution in [-0.4, -0.2) is 36.4 Å². The van der Waals surface area contributed by atoms with Crippen molar-refractivity contribution in [3.8, 4) is 0 Å². The van der Waals surface area contributed by atoms with E-state index in [0.29, 0.717) is 12.5 Å². The minimum atomic E-state index is -0.154. The van der Waals surface area contributed by atoms with Crippen LogP contribution in [0.1, 0.15) is 90.4 Å². The van der Waals surface area contributed by atoms with Crippen LogP contribution >= 0.6 is 0 Å². The Morgan fingerprint density at radius 2 is 1.57 bits per heavy atom. The molecule has 4 nitrogen and oxygen atoms in total. The summed E-state index contributed by atoms with van der Waals surface area (Å²) in [4.78, 5) is 11.0. The van der Waals surface area contributed by atoms with Crippen molar-refractivity contribution < 1.29 is 14.6 Å². The Morgan fingerprint density at radius 3 is 2.13 bits per heavy atom. The number of aliphatic hydroxyl groups is 1. The maximum absolute atomic E-state index is 11.0. The van der Waals surface area contributed by atoms with E-state index >= 15 is 0 Å². The largest absolute Gasteiger partial charge is 0.469 e. The summed E-state index contributed by atoms with van der Waals surface area (Å²) in [5, 5.41) is 13.2. The third-order valence-corrected chi connectivity index (χ3v) is 5.05. The van der Waals surface area contributed by atoms with E-state index in [4.69, 9.17) is 0 Å². The number of hydrogen-bond acceptors (Lipinski definition) is 4. The smallest absolute Gasteiger partial charge is 0.305 e. The van der Waals surface area contributed by atoms with E-state index in [-0.39, 0.29) is 18.1 Å². The number of piperidine rings is 1. The van der Waals surface area contributed by atoms with E-state index in [2.05, 4.69) is 17.0 Å². The lowest BCUT2D eigenvalue weighted by atomic mass is 9.93. The number of carbonyl (C=O) groups excluding carboxylic acids is 1. The maximum Gasteiger partial charge on any atom is 0.305 e. The van der Waals surface area contributed by atoms with Gasteiger partial charge in [0.05, 0.1) is 13.2 Å². The molecule has 0 aromatic rings. The van der Waals surface area contributed by atoms with Gasteiger partial charge >= 0.3 is 5.97 Å². The minimum absolute atomic E-state index is 0.0821. The lowest BCUT2D eigenvalue weighted by molar-refractivity contribution is -0.140. The van der Waals surface area contributed by atoms with Gasteiger partial charge in [0.25, 0.3) is 0 Å². The zero-order chi connectivity index (χ0) is 16.9. The van der Waals surface area contributed by atoms with Gasteiger partial charge in [-0.2, -0.15) is 0 Å². The van der Waals surface area contributed by atoms with Gasteiger partial charge < -0.3 is 15.2 Å². The third-order valence-electron chi connectivity index (χ3n) is 5.05. The second-order valence-electron chi connectivity index (χ2n) is 7.09. The normalized spacial score (nSPS) is 24.6. The van der Waals surface area contributed by atoms with Crippen molar-refractivity contribution in [2.45, 2.75) is 109 Å². The molecule has 4 heteroatoms. The average Bonchev–Trinajstić information content (AvgIpc) is 2.55. The van der Waals surface area contributed by atoms with E-state index < -0.39 is 0 Å². The van der Waals surface area contributed by atoms with Gasteiger partial charge in [0.15, 0.2) is 0 Å². The maximum atomic E-state index is 11.0. The first kappa shape index (κ1) is 20.4. The molecule has 136 valence electrons.